The molecule has 14 heavy (non-hydrogen) atoms. The number of nitrogens with one attached hydrogen (secondary N) is 1. The average Bonchev–Trinajstić information content (AvgIpc) is 2.23. The minimum atomic E-state index is 0.0176. The van der Waals surface area contributed by atoms with E-state index in [1.54, 1.807) is 0 Å². The fourth-order valence-electron chi connectivity index (χ4n) is 2.00. The van der Waals surface area contributed by atoms with Crippen LogP contribution in [0, 0.1) is 0 Å². The van der Waals surface area contributed by atoms with Crippen molar-refractivity contribution < 1.29 is 0 Å². The third-order valence-electron chi connectivity index (χ3n) is 2.84. The van der Waals surface area contributed by atoms with Gasteiger partial charge in [0.15, 0.2) is 0 Å². The molecule has 1 radical (unpaired) electrons. The van der Waals surface area contributed by atoms with Gasteiger partial charge in [0.2, 0.25) is 0 Å². The standard InChI is InChI=1S/C12H17N2/c13-12-8-4-5-9-14(12)10-11-6-2-1-3-7-11/h1-3,6-7,12-13H,4-5,8-10H2. The molecule has 0 aliphatic carbocycles. The highest BCUT2D eigenvalue weighted by molar-refractivity contribution is 5.14. The van der Waals surface area contributed by atoms with Crippen molar-refractivity contribution in [2.45, 2.75) is 32.0 Å². The van der Waals surface area contributed by atoms with Gasteiger partial charge in [-0.15, -0.1) is 0 Å². The Kier molecular flexibility index (Phi) is 3.17. The first-order valence-electron chi connectivity index (χ1n) is 5.35. The number of hydrogen-bond acceptors (Lipinski definition) is 1. The van der Waals surface area contributed by atoms with Gasteiger partial charge in [-0.2, -0.15) is 0 Å². The number of nitrogens with zero attached hydrogens (tertiary/aromatic N) is 1. The van der Waals surface area contributed by atoms with Gasteiger partial charge in [-0.1, -0.05) is 30.3 Å². The summed E-state index contributed by atoms with van der Waals surface area (Å²) in [6.45, 7) is 2.03. The summed E-state index contributed by atoms with van der Waals surface area (Å²) in [7, 11) is 0. The van der Waals surface area contributed by atoms with Crippen LogP contribution in [-0.2, 0) is 6.54 Å². The van der Waals surface area contributed by atoms with Gasteiger partial charge >= 0.3 is 0 Å². The Morgan fingerprint density at radius 3 is 2.71 bits per heavy atom. The van der Waals surface area contributed by atoms with Crippen molar-refractivity contribution in [3.63, 3.8) is 0 Å². The van der Waals surface area contributed by atoms with Crippen molar-refractivity contribution in [1.29, 1.82) is 0 Å². The van der Waals surface area contributed by atoms with E-state index in [2.05, 4.69) is 29.2 Å². The summed E-state index contributed by atoms with van der Waals surface area (Å²) in [5.74, 6) is 0. The molecule has 1 fully saturated rings. The van der Waals surface area contributed by atoms with E-state index in [1.165, 1.54) is 18.4 Å². The van der Waals surface area contributed by atoms with Crippen LogP contribution >= 0.6 is 0 Å². The van der Waals surface area contributed by atoms with E-state index in [0.717, 1.165) is 19.5 Å². The molecule has 0 aromatic heterocycles. The molecule has 0 spiro atoms. The van der Waals surface area contributed by atoms with Crippen molar-refractivity contribution in [2.75, 3.05) is 6.54 Å². The van der Waals surface area contributed by atoms with Crippen molar-refractivity contribution in [3.05, 3.63) is 35.9 Å². The average molecular weight is 189 g/mol. The maximum absolute atomic E-state index is 7.90. The quantitative estimate of drug-likeness (QED) is 0.701. The van der Waals surface area contributed by atoms with Gasteiger partial charge in [-0.25, -0.2) is 5.73 Å². The van der Waals surface area contributed by atoms with E-state index in [-0.39, 0.29) is 6.17 Å². The molecule has 0 bridgehead atoms. The second kappa shape index (κ2) is 4.58. The second-order valence-electron chi connectivity index (χ2n) is 3.97. The Bertz CT molecular complexity index is 271. The number of hydrogen-bond donors (Lipinski definition) is 0. The van der Waals surface area contributed by atoms with E-state index in [9.17, 15) is 0 Å². The first kappa shape index (κ1) is 9.69. The first-order chi connectivity index (χ1) is 6.86. The summed E-state index contributed by atoms with van der Waals surface area (Å²) in [5, 5.41) is 0. The molecule has 1 aliphatic rings. The summed E-state index contributed by atoms with van der Waals surface area (Å²) in [4.78, 5) is 2.26. The fraction of sp³-hybridized carbons (Fsp3) is 0.500. The monoisotopic (exact) mass is 189 g/mol. The first-order valence-corrected chi connectivity index (χ1v) is 5.35. The lowest BCUT2D eigenvalue weighted by molar-refractivity contribution is 0.138. The van der Waals surface area contributed by atoms with E-state index in [0.29, 0.717) is 0 Å². The van der Waals surface area contributed by atoms with Crippen LogP contribution in [0.25, 0.3) is 0 Å². The zero-order valence-electron chi connectivity index (χ0n) is 8.45. The predicted octanol–water partition coefficient (Wildman–Crippen LogP) is 2.28. The van der Waals surface area contributed by atoms with Gasteiger partial charge in [-0.3, -0.25) is 4.90 Å². The zero-order valence-corrected chi connectivity index (χ0v) is 8.45. The van der Waals surface area contributed by atoms with E-state index in [4.69, 9.17) is 5.73 Å². The van der Waals surface area contributed by atoms with Crippen LogP contribution < -0.4 is 5.73 Å². The number of benzene rings is 1. The maximum atomic E-state index is 7.90. The molecular weight excluding hydrogens is 172 g/mol. The minimum absolute atomic E-state index is 0.0176. The van der Waals surface area contributed by atoms with Gasteiger partial charge in [0, 0.05) is 13.1 Å². The highest BCUT2D eigenvalue weighted by Crippen LogP contribution is 2.16. The molecule has 1 N–H and O–H groups in total. The van der Waals surface area contributed by atoms with Crippen molar-refractivity contribution >= 4 is 0 Å². The summed E-state index contributed by atoms with van der Waals surface area (Å²) in [5.41, 5.74) is 9.23. The lowest BCUT2D eigenvalue weighted by atomic mass is 10.1. The van der Waals surface area contributed by atoms with Gasteiger partial charge in [-0.05, 0) is 24.8 Å². The molecule has 75 valence electrons. The van der Waals surface area contributed by atoms with Gasteiger partial charge < -0.3 is 0 Å². The summed E-state index contributed by atoms with van der Waals surface area (Å²) >= 11 is 0. The van der Waals surface area contributed by atoms with Crippen molar-refractivity contribution in [2.24, 2.45) is 0 Å². The van der Waals surface area contributed by atoms with Crippen LogP contribution in [0.5, 0.6) is 0 Å². The SMILES string of the molecule is [NH]C1CCCCN1Cc1ccccc1. The maximum Gasteiger partial charge on any atom is 0.0732 e. The highest BCUT2D eigenvalue weighted by Gasteiger charge is 2.18. The Balaban J connectivity index is 1.96. The van der Waals surface area contributed by atoms with Crippen LogP contribution in [0.3, 0.4) is 0 Å². The number of likely N-dealkylation sites (tertiary alicyclic amines) is 1. The molecule has 0 saturated carbocycles. The lowest BCUT2D eigenvalue weighted by Crippen LogP contribution is -2.39. The third kappa shape index (κ3) is 2.34. The molecule has 2 heteroatoms. The van der Waals surface area contributed by atoms with Gasteiger partial charge in [0.1, 0.15) is 0 Å². The van der Waals surface area contributed by atoms with Gasteiger partial charge in [0.25, 0.3) is 0 Å². The topological polar surface area (TPSA) is 27.0 Å². The molecule has 2 nitrogen and oxygen atoms in total. The van der Waals surface area contributed by atoms with E-state index < -0.39 is 0 Å². The van der Waals surface area contributed by atoms with Crippen LogP contribution in [0.1, 0.15) is 24.8 Å². The zero-order chi connectivity index (χ0) is 9.80. The smallest absolute Gasteiger partial charge is 0.0732 e. The van der Waals surface area contributed by atoms with Crippen LogP contribution in [0.15, 0.2) is 30.3 Å². The summed E-state index contributed by atoms with van der Waals surface area (Å²) < 4.78 is 0. The largest absolute Gasteiger partial charge is 0.283 e. The Morgan fingerprint density at radius 1 is 1.21 bits per heavy atom. The molecule has 1 atom stereocenters. The van der Waals surface area contributed by atoms with Crippen LogP contribution in [0.4, 0.5) is 0 Å². The Morgan fingerprint density at radius 2 is 2.00 bits per heavy atom. The molecule has 1 heterocycles. The van der Waals surface area contributed by atoms with Crippen LogP contribution in [0.2, 0.25) is 0 Å². The minimum Gasteiger partial charge on any atom is -0.283 e. The molecule has 2 rings (SSSR count). The highest BCUT2D eigenvalue weighted by atomic mass is 15.2. The molecule has 1 unspecified atom stereocenters. The summed E-state index contributed by atoms with van der Waals surface area (Å²) in [6.07, 6.45) is 3.53. The normalized spacial score (nSPS) is 23.6. The second-order valence-corrected chi connectivity index (χ2v) is 3.97. The number of rotatable bonds is 2. The Labute approximate surface area is 85.7 Å². The molecule has 0 amide bonds. The molecule has 1 aromatic carbocycles. The number of piperidine rings is 1. The molecule has 1 aromatic rings. The molecule has 1 saturated heterocycles. The lowest BCUT2D eigenvalue weighted by Gasteiger charge is -2.32. The summed E-state index contributed by atoms with van der Waals surface area (Å²) in [6, 6.07) is 10.5. The van der Waals surface area contributed by atoms with Crippen molar-refractivity contribution in [1.82, 2.24) is 10.6 Å². The van der Waals surface area contributed by atoms with Crippen LogP contribution in [-0.4, -0.2) is 17.6 Å². The van der Waals surface area contributed by atoms with E-state index in [1.807, 2.05) is 6.07 Å². The van der Waals surface area contributed by atoms with E-state index >= 15 is 0 Å². The Hall–Kier alpha value is -0.860. The molecular formula is C12H17N2. The van der Waals surface area contributed by atoms with Gasteiger partial charge in [0.05, 0.1) is 6.17 Å². The molecule has 1 aliphatic heterocycles. The predicted molar refractivity (Wildman–Crippen MR) is 57.6 cm³/mol. The van der Waals surface area contributed by atoms with Crippen molar-refractivity contribution in [3.8, 4) is 0 Å². The third-order valence-corrected chi connectivity index (χ3v) is 2.84. The fourth-order valence-corrected chi connectivity index (χ4v) is 2.00.